The summed E-state index contributed by atoms with van der Waals surface area (Å²) in [5.74, 6) is 2.99. The van der Waals surface area contributed by atoms with Crippen LogP contribution in [-0.2, 0) is 9.47 Å². The lowest BCUT2D eigenvalue weighted by Gasteiger charge is -2.61. The van der Waals surface area contributed by atoms with Crippen molar-refractivity contribution >= 4 is 0 Å². The van der Waals surface area contributed by atoms with E-state index in [9.17, 15) is 0 Å². The molecule has 1 aromatic rings. The molecule has 0 bridgehead atoms. The zero-order chi connectivity index (χ0) is 20.6. The molecule has 30 heavy (non-hydrogen) atoms. The van der Waals surface area contributed by atoms with Crippen molar-refractivity contribution in [3.05, 3.63) is 24.2 Å². The Morgan fingerprint density at radius 1 is 1.10 bits per heavy atom. The lowest BCUT2D eigenvalue weighted by molar-refractivity contribution is -0.145. The molecule has 5 fully saturated rings. The van der Waals surface area contributed by atoms with E-state index >= 15 is 0 Å². The maximum atomic E-state index is 6.69. The largest absolute Gasteiger partial charge is 0.472 e. The van der Waals surface area contributed by atoms with Crippen LogP contribution in [0.15, 0.2) is 23.0 Å². The van der Waals surface area contributed by atoms with E-state index in [-0.39, 0.29) is 11.0 Å². The van der Waals surface area contributed by atoms with Crippen LogP contribution in [0.3, 0.4) is 0 Å². The third-order valence-corrected chi connectivity index (χ3v) is 10.7. The molecule has 2 heterocycles. The first-order valence-electron chi connectivity index (χ1n) is 12.5. The summed E-state index contributed by atoms with van der Waals surface area (Å²) in [6.45, 7) is 6.75. The Balaban J connectivity index is 1.23. The van der Waals surface area contributed by atoms with Crippen LogP contribution >= 0.6 is 0 Å². The molecule has 0 aromatic carbocycles. The first-order valence-corrected chi connectivity index (χ1v) is 12.5. The number of hydrogen-bond donors (Lipinski definition) is 1. The third kappa shape index (κ3) is 2.50. The Morgan fingerprint density at radius 3 is 2.80 bits per heavy atom. The van der Waals surface area contributed by atoms with Crippen molar-refractivity contribution < 1.29 is 13.9 Å². The van der Waals surface area contributed by atoms with Gasteiger partial charge < -0.3 is 19.6 Å². The van der Waals surface area contributed by atoms with Crippen molar-refractivity contribution in [3.63, 3.8) is 0 Å². The van der Waals surface area contributed by atoms with Crippen molar-refractivity contribution in [2.24, 2.45) is 34.3 Å². The zero-order valence-electron chi connectivity index (χ0n) is 18.8. The van der Waals surface area contributed by atoms with E-state index in [1.807, 2.05) is 12.5 Å². The molecule has 1 spiro atoms. The van der Waals surface area contributed by atoms with Crippen molar-refractivity contribution in [1.29, 1.82) is 0 Å². The average Bonchev–Trinajstić information content (AvgIpc) is 3.09. The van der Waals surface area contributed by atoms with Crippen LogP contribution in [0.5, 0.6) is 0 Å². The Kier molecular flexibility index (Phi) is 4.51. The lowest BCUT2D eigenvalue weighted by atomic mass is 9.44. The first-order chi connectivity index (χ1) is 14.5. The van der Waals surface area contributed by atoms with Crippen LogP contribution < -0.4 is 5.73 Å². The SMILES string of the molecule is C[C@]12CC[C@H](OCCCN)C[C@@H]1CC[C@@H]1[C@@H]2CC[C@]2(C)[C@@H](c3ccoc3)C[C@H]3O[C@]132. The van der Waals surface area contributed by atoms with Gasteiger partial charge in [0.15, 0.2) is 0 Å². The van der Waals surface area contributed by atoms with Gasteiger partial charge in [0.25, 0.3) is 0 Å². The Labute approximate surface area is 181 Å². The smallest absolute Gasteiger partial charge is 0.104 e. The van der Waals surface area contributed by atoms with E-state index < -0.39 is 0 Å². The topological polar surface area (TPSA) is 60.9 Å². The molecule has 9 atom stereocenters. The fourth-order valence-corrected chi connectivity index (χ4v) is 9.11. The Morgan fingerprint density at radius 2 is 2.00 bits per heavy atom. The van der Waals surface area contributed by atoms with Gasteiger partial charge in [-0.25, -0.2) is 0 Å². The Bertz CT molecular complexity index is 779. The predicted octanol–water partition coefficient (Wildman–Crippen LogP) is 5.27. The van der Waals surface area contributed by atoms with Crippen LogP contribution in [0.2, 0.25) is 0 Å². The van der Waals surface area contributed by atoms with Gasteiger partial charge in [-0.2, -0.15) is 0 Å². The molecular weight excluding hydrogens is 374 g/mol. The van der Waals surface area contributed by atoms with Gasteiger partial charge in [-0.15, -0.1) is 0 Å². The molecule has 4 nitrogen and oxygen atoms in total. The molecule has 0 amide bonds. The number of nitrogens with two attached hydrogens (primary N) is 1. The van der Waals surface area contributed by atoms with E-state index in [1.165, 1.54) is 56.9 Å². The first kappa shape index (κ1) is 19.8. The minimum absolute atomic E-state index is 0.139. The lowest BCUT2D eigenvalue weighted by Crippen LogP contribution is -2.58. The summed E-state index contributed by atoms with van der Waals surface area (Å²) >= 11 is 0. The van der Waals surface area contributed by atoms with Gasteiger partial charge in [-0.3, -0.25) is 0 Å². The minimum atomic E-state index is 0.139. The summed E-state index contributed by atoms with van der Waals surface area (Å²) < 4.78 is 18.4. The number of epoxide rings is 1. The second-order valence-electron chi connectivity index (χ2n) is 11.6. The third-order valence-electron chi connectivity index (χ3n) is 10.7. The summed E-state index contributed by atoms with van der Waals surface area (Å²) in [5.41, 5.74) is 7.94. The van der Waals surface area contributed by atoms with Gasteiger partial charge >= 0.3 is 0 Å². The van der Waals surface area contributed by atoms with Crippen LogP contribution in [0.25, 0.3) is 0 Å². The molecule has 1 saturated heterocycles. The van der Waals surface area contributed by atoms with E-state index in [4.69, 9.17) is 19.6 Å². The van der Waals surface area contributed by atoms with Crippen molar-refractivity contribution in [1.82, 2.24) is 0 Å². The summed E-state index contributed by atoms with van der Waals surface area (Å²) in [7, 11) is 0. The van der Waals surface area contributed by atoms with Gasteiger partial charge in [0.1, 0.15) is 5.60 Å². The molecule has 4 saturated carbocycles. The van der Waals surface area contributed by atoms with Gasteiger partial charge in [-0.05, 0) is 105 Å². The number of furan rings is 1. The summed E-state index contributed by atoms with van der Waals surface area (Å²) in [5, 5.41) is 0. The maximum absolute atomic E-state index is 6.69. The monoisotopic (exact) mass is 413 g/mol. The van der Waals surface area contributed by atoms with E-state index in [0.29, 0.717) is 23.5 Å². The molecule has 0 radical (unpaired) electrons. The maximum Gasteiger partial charge on any atom is 0.104 e. The molecule has 4 heteroatoms. The number of rotatable bonds is 5. The number of fused-ring (bicyclic) bond motifs is 3. The van der Waals surface area contributed by atoms with Gasteiger partial charge in [0.05, 0.1) is 24.7 Å². The molecule has 166 valence electrons. The molecular formula is C26H39NO3. The second-order valence-corrected chi connectivity index (χ2v) is 11.6. The van der Waals surface area contributed by atoms with Crippen molar-refractivity contribution in [2.45, 2.75) is 95.4 Å². The highest BCUT2D eigenvalue weighted by atomic mass is 16.6. The summed E-state index contributed by atoms with van der Waals surface area (Å²) in [6.07, 6.45) is 16.2. The van der Waals surface area contributed by atoms with E-state index in [1.54, 1.807) is 0 Å². The molecule has 1 aromatic heterocycles. The molecule has 0 unspecified atom stereocenters. The van der Waals surface area contributed by atoms with Crippen molar-refractivity contribution in [2.75, 3.05) is 13.2 Å². The number of ether oxygens (including phenoxy) is 2. The van der Waals surface area contributed by atoms with E-state index in [0.717, 1.165) is 37.3 Å². The molecule has 5 aliphatic rings. The normalized spacial score (nSPS) is 51.6. The molecule has 1 aliphatic heterocycles. The van der Waals surface area contributed by atoms with Crippen LogP contribution in [0, 0.1) is 28.6 Å². The minimum Gasteiger partial charge on any atom is -0.472 e. The predicted molar refractivity (Wildman–Crippen MR) is 116 cm³/mol. The van der Waals surface area contributed by atoms with Gasteiger partial charge in [-0.1, -0.05) is 13.8 Å². The summed E-state index contributed by atoms with van der Waals surface area (Å²) in [6, 6.07) is 2.20. The standard InChI is InChI=1S/C26H39NO3/c1-24-9-6-19(29-12-3-11-27)14-18(24)4-5-21-20(24)7-10-25(2)22(17-8-13-28-16-17)15-23-26(21,25)30-23/h8,13,16,18-23H,3-7,9-12,14-15,27H2,1-2H3/t18-,19-,20-,21+,22+,23+,24-,25+,26+/m0/s1. The van der Waals surface area contributed by atoms with Crippen molar-refractivity contribution in [3.8, 4) is 0 Å². The molecule has 6 rings (SSSR count). The fourth-order valence-electron chi connectivity index (χ4n) is 9.11. The highest BCUT2D eigenvalue weighted by Crippen LogP contribution is 2.78. The zero-order valence-corrected chi connectivity index (χ0v) is 18.8. The Hall–Kier alpha value is -0.840. The highest BCUT2D eigenvalue weighted by Gasteiger charge is 2.80. The molecule has 4 aliphatic carbocycles. The highest BCUT2D eigenvalue weighted by molar-refractivity contribution is 5.35. The summed E-state index contributed by atoms with van der Waals surface area (Å²) in [4.78, 5) is 0. The fraction of sp³-hybridized carbons (Fsp3) is 0.846. The van der Waals surface area contributed by atoms with E-state index in [2.05, 4.69) is 19.9 Å². The van der Waals surface area contributed by atoms with Gasteiger partial charge in [0.2, 0.25) is 0 Å². The number of hydrogen-bond acceptors (Lipinski definition) is 4. The quantitative estimate of drug-likeness (QED) is 0.527. The average molecular weight is 414 g/mol. The molecule has 2 N–H and O–H groups in total. The second kappa shape index (κ2) is 6.83. The van der Waals surface area contributed by atoms with Crippen LogP contribution in [0.4, 0.5) is 0 Å². The van der Waals surface area contributed by atoms with Gasteiger partial charge in [0, 0.05) is 12.0 Å². The van der Waals surface area contributed by atoms with Crippen LogP contribution in [-0.4, -0.2) is 31.0 Å². The van der Waals surface area contributed by atoms with Crippen LogP contribution in [0.1, 0.15) is 83.1 Å².